The van der Waals surface area contributed by atoms with E-state index in [4.69, 9.17) is 5.14 Å². The van der Waals surface area contributed by atoms with E-state index in [2.05, 4.69) is 25.2 Å². The number of azo groups is 1. The minimum absolute atomic E-state index is 0.0247. The Labute approximate surface area is 155 Å². The molecular formula is C14H15N7O4S2. The molecule has 0 bridgehead atoms. The molecule has 0 saturated carbocycles. The molecule has 0 unspecified atom stereocenters. The summed E-state index contributed by atoms with van der Waals surface area (Å²) < 4.78 is 48.1. The third-order valence-electron chi connectivity index (χ3n) is 3.73. The zero-order valence-corrected chi connectivity index (χ0v) is 15.9. The largest absolute Gasteiger partial charge is 0.241 e. The summed E-state index contributed by atoms with van der Waals surface area (Å²) in [6.07, 6.45) is 3.78. The van der Waals surface area contributed by atoms with E-state index in [-0.39, 0.29) is 28.9 Å². The second kappa shape index (κ2) is 6.75. The van der Waals surface area contributed by atoms with Crippen LogP contribution in [0, 0.1) is 0 Å². The highest BCUT2D eigenvalue weighted by Crippen LogP contribution is 2.30. The number of hydrogen-bond acceptors (Lipinski definition) is 9. The van der Waals surface area contributed by atoms with Gasteiger partial charge in [0, 0.05) is 30.6 Å². The normalized spacial score (nSPS) is 14.3. The average Bonchev–Trinajstić information content (AvgIpc) is 3.13. The van der Waals surface area contributed by atoms with Crippen molar-refractivity contribution in [3.8, 4) is 11.1 Å². The van der Waals surface area contributed by atoms with Gasteiger partial charge in [-0.25, -0.2) is 41.2 Å². The van der Waals surface area contributed by atoms with E-state index >= 15 is 0 Å². The van der Waals surface area contributed by atoms with Crippen molar-refractivity contribution in [2.45, 2.75) is 4.90 Å². The molecule has 1 aliphatic heterocycles. The molecule has 1 aromatic carbocycles. The first-order chi connectivity index (χ1) is 12.6. The third-order valence-corrected chi connectivity index (χ3v) is 5.85. The molecule has 27 heavy (non-hydrogen) atoms. The number of hydrogen-bond donors (Lipinski definition) is 1. The van der Waals surface area contributed by atoms with Gasteiger partial charge in [-0.2, -0.15) is 5.11 Å². The Kier molecular flexibility index (Phi) is 4.75. The number of anilines is 1. The molecule has 0 amide bonds. The van der Waals surface area contributed by atoms with Gasteiger partial charge in [-0.1, -0.05) is 12.1 Å². The summed E-state index contributed by atoms with van der Waals surface area (Å²) in [5.74, 6) is 0.107. The number of aromatic nitrogens is 2. The molecule has 0 atom stereocenters. The van der Waals surface area contributed by atoms with Gasteiger partial charge in [0.1, 0.15) is 0 Å². The number of benzene rings is 1. The summed E-state index contributed by atoms with van der Waals surface area (Å²) in [5.41, 5.74) is 1.05. The van der Waals surface area contributed by atoms with Crippen molar-refractivity contribution in [1.29, 1.82) is 0 Å². The molecule has 11 nitrogen and oxygen atoms in total. The molecule has 2 N–H and O–H groups in total. The second-order valence-electron chi connectivity index (χ2n) is 5.59. The molecular weight excluding hydrogens is 394 g/mol. The van der Waals surface area contributed by atoms with Crippen LogP contribution in [0.5, 0.6) is 0 Å². The van der Waals surface area contributed by atoms with Crippen molar-refractivity contribution < 1.29 is 16.8 Å². The molecule has 0 radical (unpaired) electrons. The summed E-state index contributed by atoms with van der Waals surface area (Å²) in [5, 5.41) is 12.9. The first-order valence-electron chi connectivity index (χ1n) is 7.43. The van der Waals surface area contributed by atoms with Crippen LogP contribution in [0.2, 0.25) is 0 Å². The number of nitrogens with zero attached hydrogens (tertiary/aromatic N) is 6. The fourth-order valence-electron chi connectivity index (χ4n) is 2.37. The number of amidine groups is 1. The lowest BCUT2D eigenvalue weighted by Gasteiger charge is -2.15. The van der Waals surface area contributed by atoms with Crippen molar-refractivity contribution in [1.82, 2.24) is 9.97 Å². The van der Waals surface area contributed by atoms with E-state index in [9.17, 15) is 16.8 Å². The number of nitrogens with two attached hydrogens (primary N) is 1. The average molecular weight is 409 g/mol. The Morgan fingerprint density at radius 3 is 2.30 bits per heavy atom. The smallest absolute Gasteiger partial charge is 0.238 e. The topological polar surface area (TPSA) is 160 Å². The molecule has 0 spiro atoms. The number of rotatable bonds is 5. The Bertz CT molecular complexity index is 1160. The Morgan fingerprint density at radius 1 is 1.11 bits per heavy atom. The van der Waals surface area contributed by atoms with Crippen LogP contribution in [0.15, 0.2) is 50.7 Å². The molecule has 1 aromatic heterocycles. The number of aliphatic imine (C=N–C) groups is 1. The first-order valence-corrected chi connectivity index (χ1v) is 10.8. The molecule has 13 heteroatoms. The second-order valence-corrected chi connectivity index (χ2v) is 9.13. The maximum atomic E-state index is 12.0. The summed E-state index contributed by atoms with van der Waals surface area (Å²) in [4.78, 5) is 12.0. The minimum Gasteiger partial charge on any atom is -0.241 e. The van der Waals surface area contributed by atoms with E-state index in [1.807, 2.05) is 0 Å². The quantitative estimate of drug-likeness (QED) is 0.750. The fourth-order valence-corrected chi connectivity index (χ4v) is 3.51. The van der Waals surface area contributed by atoms with Crippen LogP contribution in [0.1, 0.15) is 5.56 Å². The molecule has 142 valence electrons. The van der Waals surface area contributed by atoms with Gasteiger partial charge in [0.25, 0.3) is 0 Å². The molecule has 0 saturated heterocycles. The lowest BCUT2D eigenvalue weighted by molar-refractivity contribution is 0.596. The monoisotopic (exact) mass is 409 g/mol. The van der Waals surface area contributed by atoms with Crippen molar-refractivity contribution >= 4 is 31.8 Å². The molecule has 2 heterocycles. The van der Waals surface area contributed by atoms with Crippen LogP contribution < -0.4 is 9.44 Å². The van der Waals surface area contributed by atoms with Gasteiger partial charge in [-0.15, -0.1) is 5.11 Å². The summed E-state index contributed by atoms with van der Waals surface area (Å²) in [7, 11) is -6.24. The fraction of sp³-hybridized carbons (Fsp3) is 0.214. The van der Waals surface area contributed by atoms with E-state index in [1.165, 1.54) is 31.6 Å². The van der Waals surface area contributed by atoms with E-state index < -0.39 is 20.0 Å². The van der Waals surface area contributed by atoms with Gasteiger partial charge in [-0.05, 0) is 11.6 Å². The standard InChI is InChI=1S/C14H15N7O4S2/c1-21(26(2,22)23)14-16-6-9(7-17-14)10-4-3-5-11(27(15,24)25)12(10)13-18-8-19-20-13/h3-7H,8H2,1-2H3,(H2,15,24,25). The number of primary sulfonamides is 1. The maximum absolute atomic E-state index is 12.0. The summed E-state index contributed by atoms with van der Waals surface area (Å²) in [6.45, 7) is 0.0856. The predicted molar refractivity (Wildman–Crippen MR) is 98.3 cm³/mol. The maximum Gasteiger partial charge on any atom is 0.238 e. The predicted octanol–water partition coefficient (Wildman–Crippen LogP) is 0.357. The molecule has 0 fully saturated rings. The summed E-state index contributed by atoms with van der Waals surface area (Å²) >= 11 is 0. The lowest BCUT2D eigenvalue weighted by Crippen LogP contribution is -2.26. The van der Waals surface area contributed by atoms with Gasteiger partial charge in [-0.3, -0.25) is 0 Å². The van der Waals surface area contributed by atoms with Crippen LogP contribution in [0.3, 0.4) is 0 Å². The Hall–Kier alpha value is -2.77. The van der Waals surface area contributed by atoms with Gasteiger partial charge in [0.2, 0.25) is 26.0 Å². The molecule has 2 aromatic rings. The van der Waals surface area contributed by atoms with E-state index in [1.54, 1.807) is 6.07 Å². The highest BCUT2D eigenvalue weighted by Gasteiger charge is 2.24. The van der Waals surface area contributed by atoms with Crippen molar-refractivity contribution in [2.24, 2.45) is 20.4 Å². The number of sulfonamides is 2. The SMILES string of the molecule is CN(c1ncc(-c2cccc(S(N)(=O)=O)c2C2=NCN=N2)cn1)S(C)(=O)=O. The van der Waals surface area contributed by atoms with Gasteiger partial charge in [0.15, 0.2) is 12.5 Å². The van der Waals surface area contributed by atoms with Crippen LogP contribution in [0.4, 0.5) is 5.95 Å². The highest BCUT2D eigenvalue weighted by atomic mass is 32.2. The Balaban J connectivity index is 2.16. The third kappa shape index (κ3) is 3.84. The molecule has 1 aliphatic rings. The van der Waals surface area contributed by atoms with Crippen LogP contribution in [0.25, 0.3) is 11.1 Å². The van der Waals surface area contributed by atoms with Gasteiger partial charge >= 0.3 is 0 Å². The lowest BCUT2D eigenvalue weighted by atomic mass is 10.0. The van der Waals surface area contributed by atoms with Crippen molar-refractivity contribution in [3.63, 3.8) is 0 Å². The highest BCUT2D eigenvalue weighted by molar-refractivity contribution is 7.92. The van der Waals surface area contributed by atoms with Gasteiger partial charge < -0.3 is 0 Å². The zero-order chi connectivity index (χ0) is 19.8. The van der Waals surface area contributed by atoms with Crippen LogP contribution in [-0.2, 0) is 20.0 Å². The van der Waals surface area contributed by atoms with E-state index in [0.717, 1.165) is 10.6 Å². The van der Waals surface area contributed by atoms with Crippen LogP contribution in [-0.4, -0.2) is 52.6 Å². The summed E-state index contributed by atoms with van der Waals surface area (Å²) in [6, 6.07) is 4.50. The van der Waals surface area contributed by atoms with Crippen molar-refractivity contribution in [3.05, 3.63) is 36.2 Å². The van der Waals surface area contributed by atoms with Crippen molar-refractivity contribution in [2.75, 3.05) is 24.3 Å². The van der Waals surface area contributed by atoms with Crippen LogP contribution >= 0.6 is 0 Å². The molecule has 0 aliphatic carbocycles. The molecule has 3 rings (SSSR count). The van der Waals surface area contributed by atoms with E-state index in [0.29, 0.717) is 11.1 Å². The minimum atomic E-state index is -4.05. The first kappa shape index (κ1) is 19.0. The Morgan fingerprint density at radius 2 is 1.78 bits per heavy atom. The zero-order valence-electron chi connectivity index (χ0n) is 14.3. The van der Waals surface area contributed by atoms with Gasteiger partial charge in [0.05, 0.1) is 11.2 Å².